The van der Waals surface area contributed by atoms with Crippen LogP contribution in [0.2, 0.25) is 10.0 Å². The van der Waals surface area contributed by atoms with Gasteiger partial charge in [0.2, 0.25) is 12.2 Å². The maximum Gasteiger partial charge on any atom is 0.213 e. The summed E-state index contributed by atoms with van der Waals surface area (Å²) < 4.78 is 9.92. The predicted molar refractivity (Wildman–Crippen MR) is 55.1 cm³/mol. The number of hydrogen-bond donors (Lipinski definition) is 0. The van der Waals surface area contributed by atoms with E-state index in [9.17, 15) is 0 Å². The molecule has 0 atom stereocenters. The second kappa shape index (κ2) is 4.51. The van der Waals surface area contributed by atoms with Crippen molar-refractivity contribution >= 4 is 23.2 Å². The average molecular weight is 245 g/mol. The van der Waals surface area contributed by atoms with Crippen LogP contribution in [-0.4, -0.2) is 10.1 Å². The summed E-state index contributed by atoms with van der Waals surface area (Å²) in [6, 6.07) is 4.98. The molecule has 0 aliphatic heterocycles. The Labute approximate surface area is 95.8 Å². The van der Waals surface area contributed by atoms with Crippen molar-refractivity contribution in [1.82, 2.24) is 10.1 Å². The summed E-state index contributed by atoms with van der Waals surface area (Å²) in [4.78, 5) is 3.80. The van der Waals surface area contributed by atoms with Gasteiger partial charge in [-0.1, -0.05) is 28.4 Å². The summed E-state index contributed by atoms with van der Waals surface area (Å²) >= 11 is 11.7. The number of benzene rings is 1. The molecule has 0 radical (unpaired) electrons. The molecule has 0 amide bonds. The molecule has 0 N–H and O–H groups in total. The fourth-order valence-corrected chi connectivity index (χ4v) is 1.32. The Balaban J connectivity index is 2.07. The van der Waals surface area contributed by atoms with Crippen molar-refractivity contribution < 1.29 is 9.26 Å². The third kappa shape index (κ3) is 2.61. The van der Waals surface area contributed by atoms with Gasteiger partial charge in [0.25, 0.3) is 0 Å². The van der Waals surface area contributed by atoms with Crippen LogP contribution >= 0.6 is 23.2 Å². The van der Waals surface area contributed by atoms with Crippen LogP contribution in [0, 0.1) is 0 Å². The van der Waals surface area contributed by atoms with Crippen molar-refractivity contribution in [3.8, 4) is 5.75 Å². The van der Waals surface area contributed by atoms with Crippen molar-refractivity contribution in [3.05, 3.63) is 40.5 Å². The molecule has 0 fully saturated rings. The zero-order valence-corrected chi connectivity index (χ0v) is 9.00. The van der Waals surface area contributed by atoms with E-state index >= 15 is 0 Å². The lowest BCUT2D eigenvalue weighted by Crippen LogP contribution is -1.97. The lowest BCUT2D eigenvalue weighted by Gasteiger charge is -2.05. The number of rotatable bonds is 3. The second-order valence-electron chi connectivity index (χ2n) is 2.71. The molecule has 0 aliphatic carbocycles. The SMILES string of the molecule is Clc1ccc(Cl)c(OCc2ncon2)c1. The van der Waals surface area contributed by atoms with E-state index in [1.54, 1.807) is 18.2 Å². The smallest absolute Gasteiger partial charge is 0.213 e. The summed E-state index contributed by atoms with van der Waals surface area (Å²) in [6.07, 6.45) is 1.23. The van der Waals surface area contributed by atoms with Gasteiger partial charge in [0.05, 0.1) is 5.02 Å². The summed E-state index contributed by atoms with van der Waals surface area (Å²) in [5.74, 6) is 0.944. The van der Waals surface area contributed by atoms with E-state index in [1.807, 2.05) is 0 Å². The minimum atomic E-state index is 0.191. The maximum atomic E-state index is 5.89. The Morgan fingerprint density at radius 3 is 2.93 bits per heavy atom. The molecule has 1 aromatic carbocycles. The standard InChI is InChI=1S/C9H6Cl2N2O2/c10-6-1-2-7(11)8(3-6)14-4-9-12-5-15-13-9/h1-3,5H,4H2. The van der Waals surface area contributed by atoms with Crippen LogP contribution in [0.25, 0.3) is 0 Å². The van der Waals surface area contributed by atoms with Gasteiger partial charge in [0, 0.05) is 11.1 Å². The highest BCUT2D eigenvalue weighted by Gasteiger charge is 2.04. The summed E-state index contributed by atoms with van der Waals surface area (Å²) in [5.41, 5.74) is 0. The largest absolute Gasteiger partial charge is 0.484 e. The van der Waals surface area contributed by atoms with E-state index in [-0.39, 0.29) is 6.61 Å². The molecule has 0 saturated heterocycles. The summed E-state index contributed by atoms with van der Waals surface area (Å²) in [5, 5.41) is 4.64. The van der Waals surface area contributed by atoms with Crippen LogP contribution in [0.4, 0.5) is 0 Å². The van der Waals surface area contributed by atoms with Crippen molar-refractivity contribution in [2.75, 3.05) is 0 Å². The first kappa shape index (κ1) is 10.3. The van der Waals surface area contributed by atoms with E-state index in [4.69, 9.17) is 27.9 Å². The summed E-state index contributed by atoms with van der Waals surface area (Å²) in [7, 11) is 0. The fraction of sp³-hybridized carbons (Fsp3) is 0.111. The van der Waals surface area contributed by atoms with Gasteiger partial charge >= 0.3 is 0 Å². The second-order valence-corrected chi connectivity index (χ2v) is 3.55. The van der Waals surface area contributed by atoms with Gasteiger partial charge in [0.1, 0.15) is 5.75 Å². The minimum Gasteiger partial charge on any atom is -0.484 e. The van der Waals surface area contributed by atoms with Crippen LogP contribution in [0.15, 0.2) is 29.1 Å². The lowest BCUT2D eigenvalue weighted by molar-refractivity contribution is 0.287. The molecule has 1 aromatic heterocycles. The Bertz CT molecular complexity index is 445. The number of nitrogens with zero attached hydrogens (tertiary/aromatic N) is 2. The molecule has 6 heteroatoms. The van der Waals surface area contributed by atoms with Gasteiger partial charge in [-0.3, -0.25) is 0 Å². The molecule has 0 bridgehead atoms. The molecule has 1 heterocycles. The molecule has 0 aliphatic rings. The van der Waals surface area contributed by atoms with Crippen LogP contribution < -0.4 is 4.74 Å². The highest BCUT2D eigenvalue weighted by atomic mass is 35.5. The molecule has 2 aromatic rings. The van der Waals surface area contributed by atoms with Crippen LogP contribution in [0.3, 0.4) is 0 Å². The van der Waals surface area contributed by atoms with Crippen LogP contribution in [0.5, 0.6) is 5.75 Å². The van der Waals surface area contributed by atoms with Gasteiger partial charge in [-0.2, -0.15) is 4.98 Å². The zero-order valence-electron chi connectivity index (χ0n) is 7.48. The van der Waals surface area contributed by atoms with Crippen molar-refractivity contribution in [2.24, 2.45) is 0 Å². The molecule has 4 nitrogen and oxygen atoms in total. The van der Waals surface area contributed by atoms with Gasteiger partial charge in [0.15, 0.2) is 6.61 Å². The van der Waals surface area contributed by atoms with Gasteiger partial charge in [-0.05, 0) is 12.1 Å². The van der Waals surface area contributed by atoms with Gasteiger partial charge in [-0.15, -0.1) is 0 Å². The molecule has 2 rings (SSSR count). The maximum absolute atomic E-state index is 5.89. The van der Waals surface area contributed by atoms with E-state index in [1.165, 1.54) is 6.39 Å². The van der Waals surface area contributed by atoms with Crippen molar-refractivity contribution in [1.29, 1.82) is 0 Å². The first-order valence-corrected chi connectivity index (χ1v) is 4.84. The molecule has 78 valence electrons. The minimum absolute atomic E-state index is 0.191. The first-order chi connectivity index (χ1) is 7.25. The van der Waals surface area contributed by atoms with Crippen LogP contribution in [-0.2, 0) is 6.61 Å². The van der Waals surface area contributed by atoms with Crippen molar-refractivity contribution in [3.63, 3.8) is 0 Å². The van der Waals surface area contributed by atoms with Gasteiger partial charge in [-0.25, -0.2) is 0 Å². The number of ether oxygens (including phenoxy) is 1. The van der Waals surface area contributed by atoms with E-state index < -0.39 is 0 Å². The predicted octanol–water partition coefficient (Wildman–Crippen LogP) is 2.96. The topological polar surface area (TPSA) is 48.2 Å². The summed E-state index contributed by atoms with van der Waals surface area (Å²) in [6.45, 7) is 0.191. The molecule has 15 heavy (non-hydrogen) atoms. The highest BCUT2D eigenvalue weighted by Crippen LogP contribution is 2.28. The van der Waals surface area contributed by atoms with E-state index in [2.05, 4.69) is 14.7 Å². The molecular formula is C9H6Cl2N2O2. The Morgan fingerprint density at radius 2 is 2.20 bits per heavy atom. The third-order valence-corrected chi connectivity index (χ3v) is 2.20. The van der Waals surface area contributed by atoms with E-state index in [0.717, 1.165) is 0 Å². The monoisotopic (exact) mass is 244 g/mol. The zero-order chi connectivity index (χ0) is 10.7. The fourth-order valence-electron chi connectivity index (χ4n) is 0.986. The first-order valence-electron chi connectivity index (χ1n) is 4.09. The average Bonchev–Trinajstić information content (AvgIpc) is 2.72. The lowest BCUT2D eigenvalue weighted by atomic mass is 10.3. The Kier molecular flexibility index (Phi) is 3.08. The number of hydrogen-bond acceptors (Lipinski definition) is 4. The molecule has 0 spiro atoms. The quantitative estimate of drug-likeness (QED) is 0.833. The Hall–Kier alpha value is -1.26. The van der Waals surface area contributed by atoms with Crippen molar-refractivity contribution in [2.45, 2.75) is 6.61 Å². The van der Waals surface area contributed by atoms with Gasteiger partial charge < -0.3 is 9.26 Å². The number of aromatic nitrogens is 2. The van der Waals surface area contributed by atoms with E-state index in [0.29, 0.717) is 21.6 Å². The normalized spacial score (nSPS) is 10.3. The molecular weight excluding hydrogens is 239 g/mol. The third-order valence-electron chi connectivity index (χ3n) is 1.66. The number of halogens is 2. The molecule has 0 saturated carbocycles. The Morgan fingerprint density at radius 1 is 1.33 bits per heavy atom. The van der Waals surface area contributed by atoms with Crippen LogP contribution in [0.1, 0.15) is 5.82 Å². The highest BCUT2D eigenvalue weighted by molar-refractivity contribution is 6.34. The molecule has 0 unspecified atom stereocenters.